The summed E-state index contributed by atoms with van der Waals surface area (Å²) in [5, 5.41) is 12.7. The van der Waals surface area contributed by atoms with Gasteiger partial charge in [-0.05, 0) is 31.2 Å². The van der Waals surface area contributed by atoms with Crippen LogP contribution in [-0.2, 0) is 0 Å². The summed E-state index contributed by atoms with van der Waals surface area (Å²) in [5.41, 5.74) is 2.25. The van der Waals surface area contributed by atoms with Gasteiger partial charge in [0.25, 0.3) is 5.91 Å². The number of aromatic amines is 2. The summed E-state index contributed by atoms with van der Waals surface area (Å²) in [7, 11) is 0. The summed E-state index contributed by atoms with van der Waals surface area (Å²) >= 11 is 0. The van der Waals surface area contributed by atoms with E-state index < -0.39 is 5.97 Å². The Balaban J connectivity index is 1.91. The molecule has 4 N–H and O–H groups in total. The number of aromatic carboxylic acids is 1. The van der Waals surface area contributed by atoms with Gasteiger partial charge in [-0.2, -0.15) is 0 Å². The number of carboxylic acid groups (broad SMARTS) is 1. The van der Waals surface area contributed by atoms with E-state index in [2.05, 4.69) is 15.3 Å². The maximum Gasteiger partial charge on any atom is 0.339 e. The van der Waals surface area contributed by atoms with Crippen molar-refractivity contribution >= 4 is 28.5 Å². The van der Waals surface area contributed by atoms with Crippen LogP contribution in [0.4, 0.5) is 5.69 Å². The molecule has 0 fully saturated rings. The molecule has 0 bridgehead atoms. The largest absolute Gasteiger partial charge is 0.478 e. The molecule has 0 spiro atoms. The Morgan fingerprint density at radius 1 is 1.19 bits per heavy atom. The van der Waals surface area contributed by atoms with E-state index in [-0.39, 0.29) is 17.2 Å². The van der Waals surface area contributed by atoms with Crippen LogP contribution in [0.25, 0.3) is 10.9 Å². The number of nitrogens with one attached hydrogen (secondary N) is 3. The van der Waals surface area contributed by atoms with Crippen LogP contribution >= 0.6 is 0 Å². The van der Waals surface area contributed by atoms with Crippen LogP contribution in [0, 0.1) is 6.92 Å². The van der Waals surface area contributed by atoms with E-state index in [4.69, 9.17) is 5.11 Å². The Morgan fingerprint density at radius 3 is 2.76 bits per heavy atom. The first-order valence-corrected chi connectivity index (χ1v) is 6.36. The summed E-state index contributed by atoms with van der Waals surface area (Å²) in [4.78, 5) is 29.3. The summed E-state index contributed by atoms with van der Waals surface area (Å²) in [6.45, 7) is 1.64. The molecule has 106 valence electrons. The van der Waals surface area contributed by atoms with Crippen LogP contribution in [0.1, 0.15) is 26.4 Å². The van der Waals surface area contributed by atoms with Crippen molar-refractivity contribution in [2.75, 3.05) is 5.32 Å². The quantitative estimate of drug-likeness (QED) is 0.595. The Kier molecular flexibility index (Phi) is 2.98. The van der Waals surface area contributed by atoms with Crippen LogP contribution in [-0.4, -0.2) is 27.0 Å². The van der Waals surface area contributed by atoms with Gasteiger partial charge in [0.1, 0.15) is 5.56 Å². The highest BCUT2D eigenvalue weighted by Gasteiger charge is 2.17. The normalized spacial score (nSPS) is 10.7. The molecule has 2 heterocycles. The Morgan fingerprint density at radius 2 is 2.00 bits per heavy atom. The molecule has 0 saturated carbocycles. The second-order valence-electron chi connectivity index (χ2n) is 4.74. The van der Waals surface area contributed by atoms with Gasteiger partial charge in [0.15, 0.2) is 0 Å². The lowest BCUT2D eigenvalue weighted by Gasteiger charge is -2.05. The minimum absolute atomic E-state index is 0.0751. The van der Waals surface area contributed by atoms with Crippen molar-refractivity contribution in [3.05, 3.63) is 53.5 Å². The van der Waals surface area contributed by atoms with Gasteiger partial charge in [0.05, 0.1) is 5.69 Å². The fourth-order valence-corrected chi connectivity index (χ4v) is 2.29. The van der Waals surface area contributed by atoms with E-state index in [0.717, 1.165) is 10.9 Å². The number of aryl methyl sites for hydroxylation is 1. The van der Waals surface area contributed by atoms with Crippen molar-refractivity contribution in [3.63, 3.8) is 0 Å². The number of carboxylic acids is 1. The number of aromatic nitrogens is 2. The van der Waals surface area contributed by atoms with Crippen molar-refractivity contribution < 1.29 is 14.7 Å². The highest BCUT2D eigenvalue weighted by molar-refractivity contribution is 6.09. The number of carbonyl (C=O) groups excluding carboxylic acids is 1. The molecule has 0 aliphatic rings. The molecule has 0 atom stereocenters. The zero-order valence-corrected chi connectivity index (χ0v) is 11.2. The van der Waals surface area contributed by atoms with Crippen molar-refractivity contribution in [1.82, 2.24) is 9.97 Å². The third-order valence-electron chi connectivity index (χ3n) is 3.35. The minimum atomic E-state index is -1.08. The van der Waals surface area contributed by atoms with Crippen molar-refractivity contribution in [2.45, 2.75) is 6.92 Å². The summed E-state index contributed by atoms with van der Waals surface area (Å²) < 4.78 is 0. The van der Waals surface area contributed by atoms with E-state index in [1.807, 2.05) is 12.1 Å². The molecule has 0 aliphatic heterocycles. The molecule has 0 radical (unpaired) electrons. The topological polar surface area (TPSA) is 98.0 Å². The van der Waals surface area contributed by atoms with Crippen LogP contribution in [0.3, 0.4) is 0 Å². The molecule has 6 heteroatoms. The third-order valence-corrected chi connectivity index (χ3v) is 3.35. The number of carbonyl (C=O) groups is 2. The fourth-order valence-electron chi connectivity index (χ4n) is 2.29. The minimum Gasteiger partial charge on any atom is -0.478 e. The Labute approximate surface area is 119 Å². The number of hydrogen-bond acceptors (Lipinski definition) is 2. The van der Waals surface area contributed by atoms with E-state index in [0.29, 0.717) is 11.3 Å². The number of rotatable bonds is 3. The van der Waals surface area contributed by atoms with Gasteiger partial charge in [0, 0.05) is 34.6 Å². The molecular weight excluding hydrogens is 270 g/mol. The maximum atomic E-state index is 12.2. The lowest BCUT2D eigenvalue weighted by molar-refractivity contribution is 0.0697. The molecular formula is C15H13N3O3. The van der Waals surface area contributed by atoms with Gasteiger partial charge in [0.2, 0.25) is 0 Å². The molecule has 1 amide bonds. The standard InChI is InChI=1S/C15H13N3O3/c1-8-13(15(20)21)12(7-17-8)18-14(19)10-2-3-11-9(6-10)4-5-16-11/h2-7,16-17H,1H3,(H,18,19)(H,20,21). The molecule has 0 saturated heterocycles. The molecule has 3 aromatic rings. The van der Waals surface area contributed by atoms with Crippen LogP contribution in [0.15, 0.2) is 36.7 Å². The Hall–Kier alpha value is -3.02. The summed E-state index contributed by atoms with van der Waals surface area (Å²) in [6.07, 6.45) is 3.27. The lowest BCUT2D eigenvalue weighted by Crippen LogP contribution is -2.13. The molecule has 21 heavy (non-hydrogen) atoms. The number of benzene rings is 1. The molecule has 0 aliphatic carbocycles. The zero-order chi connectivity index (χ0) is 15.0. The van der Waals surface area contributed by atoms with Gasteiger partial charge in [-0.15, -0.1) is 0 Å². The second-order valence-corrected chi connectivity index (χ2v) is 4.74. The smallest absolute Gasteiger partial charge is 0.339 e. The number of fused-ring (bicyclic) bond motifs is 1. The second kappa shape index (κ2) is 4.82. The number of hydrogen-bond donors (Lipinski definition) is 4. The van der Waals surface area contributed by atoms with E-state index in [1.165, 1.54) is 6.20 Å². The van der Waals surface area contributed by atoms with Crippen LogP contribution in [0.5, 0.6) is 0 Å². The van der Waals surface area contributed by atoms with E-state index >= 15 is 0 Å². The molecule has 6 nitrogen and oxygen atoms in total. The van der Waals surface area contributed by atoms with Crippen LogP contribution < -0.4 is 5.32 Å². The first-order chi connectivity index (χ1) is 10.1. The predicted octanol–water partition coefficient (Wildman–Crippen LogP) is 2.75. The molecule has 0 unspecified atom stereocenters. The molecule has 2 aromatic heterocycles. The highest BCUT2D eigenvalue weighted by Crippen LogP contribution is 2.21. The highest BCUT2D eigenvalue weighted by atomic mass is 16.4. The zero-order valence-electron chi connectivity index (χ0n) is 11.2. The first kappa shape index (κ1) is 13.0. The van der Waals surface area contributed by atoms with Crippen LogP contribution in [0.2, 0.25) is 0 Å². The maximum absolute atomic E-state index is 12.2. The average Bonchev–Trinajstić information content (AvgIpc) is 3.04. The third kappa shape index (κ3) is 2.27. The average molecular weight is 283 g/mol. The number of H-pyrrole nitrogens is 2. The van der Waals surface area contributed by atoms with Gasteiger partial charge < -0.3 is 20.4 Å². The Bertz CT molecular complexity index is 845. The van der Waals surface area contributed by atoms with Gasteiger partial charge in [-0.3, -0.25) is 4.79 Å². The van der Waals surface area contributed by atoms with Gasteiger partial charge in [-0.25, -0.2) is 4.79 Å². The lowest BCUT2D eigenvalue weighted by atomic mass is 10.1. The van der Waals surface area contributed by atoms with Gasteiger partial charge >= 0.3 is 5.97 Å². The summed E-state index contributed by atoms with van der Waals surface area (Å²) in [6, 6.07) is 7.12. The molecule has 1 aromatic carbocycles. The van der Waals surface area contributed by atoms with E-state index in [9.17, 15) is 9.59 Å². The summed E-state index contributed by atoms with van der Waals surface area (Å²) in [5.74, 6) is -1.43. The number of amides is 1. The van der Waals surface area contributed by atoms with Crippen molar-refractivity contribution in [2.24, 2.45) is 0 Å². The molecule has 3 rings (SSSR count). The fraction of sp³-hybridized carbons (Fsp3) is 0.0667. The van der Waals surface area contributed by atoms with Gasteiger partial charge in [-0.1, -0.05) is 0 Å². The van der Waals surface area contributed by atoms with Crippen molar-refractivity contribution in [1.29, 1.82) is 0 Å². The van der Waals surface area contributed by atoms with Crippen molar-refractivity contribution in [3.8, 4) is 0 Å². The first-order valence-electron chi connectivity index (χ1n) is 6.36. The SMILES string of the molecule is Cc1[nH]cc(NC(=O)c2ccc3[nH]ccc3c2)c1C(=O)O. The predicted molar refractivity (Wildman–Crippen MR) is 78.7 cm³/mol. The monoisotopic (exact) mass is 283 g/mol. The van der Waals surface area contributed by atoms with E-state index in [1.54, 1.807) is 25.3 Å². The number of anilines is 1.